The van der Waals surface area contributed by atoms with Crippen LogP contribution in [0.25, 0.3) is 0 Å². The first kappa shape index (κ1) is 21.7. The van der Waals surface area contributed by atoms with Crippen molar-refractivity contribution in [1.29, 1.82) is 0 Å². The van der Waals surface area contributed by atoms with E-state index in [0.29, 0.717) is 23.0 Å². The van der Waals surface area contributed by atoms with Crippen molar-refractivity contribution in [3.8, 4) is 11.5 Å². The molecule has 0 bridgehead atoms. The van der Waals surface area contributed by atoms with Crippen molar-refractivity contribution in [3.05, 3.63) is 125 Å². The number of anilines is 1. The maximum atomic E-state index is 13.1. The van der Waals surface area contributed by atoms with Crippen LogP contribution in [0.5, 0.6) is 11.5 Å². The number of nitrogens with one attached hydrogen (secondary N) is 1. The van der Waals surface area contributed by atoms with E-state index in [9.17, 15) is 4.79 Å². The van der Waals surface area contributed by atoms with Crippen LogP contribution in [0.4, 0.5) is 10.5 Å². The summed E-state index contributed by atoms with van der Waals surface area (Å²) in [6, 6.07) is 34.2. The Labute approximate surface area is 203 Å². The SMILES string of the molecule is O=C(Nc1ccc(Oc2ccccc2)cc1)N1CC(c2ccccc2)C(c2ccc(Cl)cc2)=N1. The number of nitrogens with zero attached hydrogens (tertiary/aromatic N) is 2. The Morgan fingerprint density at radius 1 is 0.824 bits per heavy atom. The molecule has 168 valence electrons. The van der Waals surface area contributed by atoms with Gasteiger partial charge < -0.3 is 10.1 Å². The fraction of sp³-hybridized carbons (Fsp3) is 0.0714. The molecule has 0 spiro atoms. The Morgan fingerprint density at radius 3 is 2.12 bits per heavy atom. The highest BCUT2D eigenvalue weighted by Crippen LogP contribution is 2.30. The first-order valence-corrected chi connectivity index (χ1v) is 11.3. The van der Waals surface area contributed by atoms with Crippen LogP contribution >= 0.6 is 11.6 Å². The molecule has 2 amide bonds. The maximum Gasteiger partial charge on any atom is 0.342 e. The molecule has 1 aliphatic rings. The number of hydrogen-bond acceptors (Lipinski definition) is 3. The Balaban J connectivity index is 1.32. The second-order valence-corrected chi connectivity index (χ2v) is 8.34. The van der Waals surface area contributed by atoms with Crippen LogP contribution in [-0.4, -0.2) is 23.3 Å². The number of carbonyl (C=O) groups is 1. The Bertz CT molecular complexity index is 1290. The van der Waals surface area contributed by atoms with E-state index < -0.39 is 0 Å². The van der Waals surface area contributed by atoms with Crippen molar-refractivity contribution in [2.75, 3.05) is 11.9 Å². The second kappa shape index (κ2) is 9.81. The number of hydrazone groups is 1. The Morgan fingerprint density at radius 2 is 1.44 bits per heavy atom. The molecule has 0 aromatic heterocycles. The molecule has 1 unspecified atom stereocenters. The highest BCUT2D eigenvalue weighted by Gasteiger charge is 2.32. The molecular formula is C28H22ClN3O2. The molecule has 0 aliphatic carbocycles. The van der Waals surface area contributed by atoms with Gasteiger partial charge in [0.05, 0.1) is 12.3 Å². The van der Waals surface area contributed by atoms with Gasteiger partial charge in [0.1, 0.15) is 11.5 Å². The minimum atomic E-state index is -0.290. The van der Waals surface area contributed by atoms with Crippen LogP contribution in [0.15, 0.2) is 114 Å². The predicted molar refractivity (Wildman–Crippen MR) is 136 cm³/mol. The third-order valence-electron chi connectivity index (χ3n) is 5.57. The molecule has 0 fully saturated rings. The number of amides is 2. The Hall–Kier alpha value is -4.09. The maximum absolute atomic E-state index is 13.1. The average molecular weight is 468 g/mol. The summed E-state index contributed by atoms with van der Waals surface area (Å²) in [6.07, 6.45) is 0. The van der Waals surface area contributed by atoms with Crippen molar-refractivity contribution < 1.29 is 9.53 Å². The van der Waals surface area contributed by atoms with Crippen LogP contribution in [0.1, 0.15) is 17.0 Å². The number of hydrogen-bond donors (Lipinski definition) is 1. The summed E-state index contributed by atoms with van der Waals surface area (Å²) in [6.45, 7) is 0.447. The second-order valence-electron chi connectivity index (χ2n) is 7.91. The van der Waals surface area contributed by atoms with Crippen LogP contribution in [0.2, 0.25) is 5.02 Å². The molecule has 34 heavy (non-hydrogen) atoms. The van der Waals surface area contributed by atoms with E-state index in [2.05, 4.69) is 22.6 Å². The zero-order valence-corrected chi connectivity index (χ0v) is 19.0. The molecule has 1 heterocycles. The average Bonchev–Trinajstić information content (AvgIpc) is 3.33. The van der Waals surface area contributed by atoms with Crippen molar-refractivity contribution >= 4 is 29.0 Å². The number of carbonyl (C=O) groups excluding carboxylic acids is 1. The molecule has 5 rings (SSSR count). The number of para-hydroxylation sites is 1. The van der Waals surface area contributed by atoms with E-state index in [1.807, 2.05) is 97.1 Å². The van der Waals surface area contributed by atoms with Crippen LogP contribution in [0, 0.1) is 0 Å². The highest BCUT2D eigenvalue weighted by atomic mass is 35.5. The van der Waals surface area contributed by atoms with Gasteiger partial charge >= 0.3 is 6.03 Å². The first-order valence-electron chi connectivity index (χ1n) is 11.0. The number of urea groups is 1. The molecule has 0 saturated carbocycles. The molecule has 5 nitrogen and oxygen atoms in total. The Kier molecular flexibility index (Phi) is 6.27. The lowest BCUT2D eigenvalue weighted by Crippen LogP contribution is -2.30. The summed E-state index contributed by atoms with van der Waals surface area (Å²) < 4.78 is 5.82. The minimum Gasteiger partial charge on any atom is -0.457 e. The summed E-state index contributed by atoms with van der Waals surface area (Å²) in [4.78, 5) is 13.1. The quantitative estimate of drug-likeness (QED) is 0.338. The molecule has 0 saturated heterocycles. The summed E-state index contributed by atoms with van der Waals surface area (Å²) in [5.41, 5.74) is 3.55. The summed E-state index contributed by atoms with van der Waals surface area (Å²) in [5.74, 6) is 1.42. The van der Waals surface area contributed by atoms with Gasteiger partial charge in [-0.05, 0) is 59.7 Å². The van der Waals surface area contributed by atoms with Gasteiger partial charge in [-0.25, -0.2) is 9.80 Å². The third kappa shape index (κ3) is 4.95. The molecule has 0 radical (unpaired) electrons. The molecular weight excluding hydrogens is 446 g/mol. The van der Waals surface area contributed by atoms with E-state index in [-0.39, 0.29) is 11.9 Å². The fourth-order valence-corrected chi connectivity index (χ4v) is 4.00. The van der Waals surface area contributed by atoms with E-state index in [1.165, 1.54) is 5.01 Å². The molecule has 1 atom stereocenters. The topological polar surface area (TPSA) is 53.9 Å². The minimum absolute atomic E-state index is 0.0326. The van der Waals surface area contributed by atoms with Crippen molar-refractivity contribution in [2.45, 2.75) is 5.92 Å². The molecule has 4 aromatic carbocycles. The van der Waals surface area contributed by atoms with Crippen LogP contribution < -0.4 is 10.1 Å². The van der Waals surface area contributed by atoms with Gasteiger partial charge in [-0.2, -0.15) is 5.10 Å². The van der Waals surface area contributed by atoms with Gasteiger partial charge in [0.15, 0.2) is 0 Å². The fourth-order valence-electron chi connectivity index (χ4n) is 3.88. The van der Waals surface area contributed by atoms with Gasteiger partial charge in [-0.15, -0.1) is 0 Å². The van der Waals surface area contributed by atoms with E-state index in [1.54, 1.807) is 0 Å². The van der Waals surface area contributed by atoms with Crippen molar-refractivity contribution in [2.24, 2.45) is 5.10 Å². The van der Waals surface area contributed by atoms with E-state index >= 15 is 0 Å². The van der Waals surface area contributed by atoms with E-state index in [4.69, 9.17) is 16.3 Å². The summed E-state index contributed by atoms with van der Waals surface area (Å²) in [5, 5.41) is 9.76. The van der Waals surface area contributed by atoms with Gasteiger partial charge in [0.25, 0.3) is 0 Å². The smallest absolute Gasteiger partial charge is 0.342 e. The summed E-state index contributed by atoms with van der Waals surface area (Å²) in [7, 11) is 0. The largest absolute Gasteiger partial charge is 0.457 e. The van der Waals surface area contributed by atoms with Gasteiger partial charge in [0, 0.05) is 16.6 Å². The standard InChI is InChI=1S/C28H22ClN3O2/c29-22-13-11-21(12-14-22)27-26(20-7-3-1-4-8-20)19-32(31-27)28(33)30-23-15-17-25(18-16-23)34-24-9-5-2-6-10-24/h1-18,26H,19H2,(H,30,33). The monoisotopic (exact) mass is 467 g/mol. The zero-order valence-electron chi connectivity index (χ0n) is 18.3. The lowest BCUT2D eigenvalue weighted by molar-refractivity contribution is 0.218. The van der Waals surface area contributed by atoms with Crippen LogP contribution in [0.3, 0.4) is 0 Å². The molecule has 1 N–H and O–H groups in total. The van der Waals surface area contributed by atoms with Crippen molar-refractivity contribution in [1.82, 2.24) is 5.01 Å². The third-order valence-corrected chi connectivity index (χ3v) is 5.83. The van der Waals surface area contributed by atoms with Gasteiger partial charge in [-0.1, -0.05) is 72.3 Å². The lowest BCUT2D eigenvalue weighted by Gasteiger charge is -2.16. The number of rotatable bonds is 5. The lowest BCUT2D eigenvalue weighted by atomic mass is 9.91. The summed E-state index contributed by atoms with van der Waals surface area (Å²) >= 11 is 6.07. The normalized spacial score (nSPS) is 15.0. The van der Waals surface area contributed by atoms with E-state index in [0.717, 1.165) is 22.6 Å². The van der Waals surface area contributed by atoms with Crippen molar-refractivity contribution in [3.63, 3.8) is 0 Å². The van der Waals surface area contributed by atoms with Gasteiger partial charge in [-0.3, -0.25) is 0 Å². The van der Waals surface area contributed by atoms with Crippen LogP contribution in [-0.2, 0) is 0 Å². The molecule has 1 aliphatic heterocycles. The van der Waals surface area contributed by atoms with Gasteiger partial charge in [0.2, 0.25) is 0 Å². The molecule has 6 heteroatoms. The number of halogens is 1. The first-order chi connectivity index (χ1) is 16.7. The molecule has 4 aromatic rings. The zero-order chi connectivity index (χ0) is 23.3. The predicted octanol–water partition coefficient (Wildman–Crippen LogP) is 7.17. The number of benzene rings is 4. The number of ether oxygens (including phenoxy) is 1. The highest BCUT2D eigenvalue weighted by molar-refractivity contribution is 6.30.